The third kappa shape index (κ3) is 5.34. The van der Waals surface area contributed by atoms with Crippen molar-refractivity contribution in [3.05, 3.63) is 6.42 Å². The molecule has 1 amide bonds. The molecule has 0 aliphatic rings. The van der Waals surface area contributed by atoms with Gasteiger partial charge in [0.1, 0.15) is 0 Å². The molecule has 0 fully saturated rings. The second-order valence-corrected chi connectivity index (χ2v) is 1.89. The highest BCUT2D eigenvalue weighted by Gasteiger charge is 1.95. The van der Waals surface area contributed by atoms with Gasteiger partial charge in [-0.05, 0) is 13.3 Å². The number of hydrogen-bond acceptors (Lipinski definition) is 1. The molecular formula is C7H14NO. The lowest BCUT2D eigenvalue weighted by molar-refractivity contribution is -0.117. The molecule has 0 aromatic heterocycles. The molecule has 1 radical (unpaired) electrons. The molecule has 53 valence electrons. The molecule has 9 heavy (non-hydrogen) atoms. The maximum Gasteiger partial charge on any atom is 0.223 e. The maximum absolute atomic E-state index is 10.6. The molecule has 0 aromatic carbocycles. The number of nitrogens with one attached hydrogen (secondary N) is 1. The van der Waals surface area contributed by atoms with E-state index < -0.39 is 0 Å². The molecule has 0 aliphatic carbocycles. The highest BCUT2D eigenvalue weighted by molar-refractivity contribution is 5.84. The summed E-state index contributed by atoms with van der Waals surface area (Å²) in [6.07, 6.45) is 3.60. The van der Waals surface area contributed by atoms with Crippen LogP contribution < -0.4 is 5.32 Å². The van der Waals surface area contributed by atoms with Gasteiger partial charge in [0.2, 0.25) is 5.91 Å². The molecule has 0 saturated heterocycles. The van der Waals surface area contributed by atoms with Gasteiger partial charge in [-0.25, -0.2) is 0 Å². The van der Waals surface area contributed by atoms with E-state index in [1.807, 2.05) is 6.92 Å². The third-order valence-electron chi connectivity index (χ3n) is 0.969. The van der Waals surface area contributed by atoms with Gasteiger partial charge < -0.3 is 5.32 Å². The van der Waals surface area contributed by atoms with Gasteiger partial charge in [-0.15, -0.1) is 0 Å². The van der Waals surface area contributed by atoms with Crippen LogP contribution in [-0.2, 0) is 4.79 Å². The van der Waals surface area contributed by atoms with E-state index in [2.05, 4.69) is 12.2 Å². The lowest BCUT2D eigenvalue weighted by atomic mass is 10.2. The topological polar surface area (TPSA) is 29.1 Å². The summed E-state index contributed by atoms with van der Waals surface area (Å²) in [6, 6.07) is 0. The Morgan fingerprint density at radius 3 is 2.67 bits per heavy atom. The predicted molar refractivity (Wildman–Crippen MR) is 37.9 cm³/mol. The number of carbonyl (C=O) groups is 1. The van der Waals surface area contributed by atoms with E-state index in [-0.39, 0.29) is 5.91 Å². The fraction of sp³-hybridized carbons (Fsp3) is 0.714. The van der Waals surface area contributed by atoms with E-state index in [0.29, 0.717) is 0 Å². The van der Waals surface area contributed by atoms with E-state index in [4.69, 9.17) is 0 Å². The Hall–Kier alpha value is -0.530. The summed E-state index contributed by atoms with van der Waals surface area (Å²) in [4.78, 5) is 10.6. The lowest BCUT2D eigenvalue weighted by Crippen LogP contribution is -2.22. The van der Waals surface area contributed by atoms with E-state index in [1.54, 1.807) is 6.42 Å². The van der Waals surface area contributed by atoms with Gasteiger partial charge in [0.15, 0.2) is 0 Å². The maximum atomic E-state index is 10.6. The number of amides is 1. The zero-order valence-corrected chi connectivity index (χ0v) is 6.11. The molecule has 0 aliphatic heterocycles. The van der Waals surface area contributed by atoms with Crippen molar-refractivity contribution in [2.45, 2.75) is 26.7 Å². The first-order valence-electron chi connectivity index (χ1n) is 3.42. The number of hydrogen-bond donors (Lipinski definition) is 1. The van der Waals surface area contributed by atoms with Gasteiger partial charge in [-0.1, -0.05) is 13.3 Å². The van der Waals surface area contributed by atoms with Gasteiger partial charge in [0.25, 0.3) is 0 Å². The minimum Gasteiger partial charge on any atom is -0.356 e. The van der Waals surface area contributed by atoms with Crippen molar-refractivity contribution in [1.82, 2.24) is 5.32 Å². The first kappa shape index (κ1) is 8.47. The highest BCUT2D eigenvalue weighted by Crippen LogP contribution is 1.90. The lowest BCUT2D eigenvalue weighted by Gasteiger charge is -1.97. The van der Waals surface area contributed by atoms with Crippen molar-refractivity contribution in [2.24, 2.45) is 0 Å². The van der Waals surface area contributed by atoms with Gasteiger partial charge in [0.05, 0.1) is 0 Å². The van der Waals surface area contributed by atoms with Crippen LogP contribution in [0.2, 0.25) is 0 Å². The SMILES string of the molecule is CCC[CH]C(=O)NCC. The van der Waals surface area contributed by atoms with Crippen LogP contribution in [0.3, 0.4) is 0 Å². The first-order chi connectivity index (χ1) is 4.31. The average molecular weight is 128 g/mol. The average Bonchev–Trinajstić information content (AvgIpc) is 1.85. The molecule has 0 unspecified atom stereocenters. The third-order valence-corrected chi connectivity index (χ3v) is 0.969. The summed E-state index contributed by atoms with van der Waals surface area (Å²) in [5.74, 6) is 0.0550. The monoisotopic (exact) mass is 128 g/mol. The van der Waals surface area contributed by atoms with Gasteiger partial charge in [0, 0.05) is 13.0 Å². The Labute approximate surface area is 56.6 Å². The van der Waals surface area contributed by atoms with Gasteiger partial charge >= 0.3 is 0 Å². The van der Waals surface area contributed by atoms with E-state index in [9.17, 15) is 4.79 Å². The fourth-order valence-electron chi connectivity index (χ4n) is 0.522. The molecule has 0 saturated carbocycles. The van der Waals surface area contributed by atoms with Crippen LogP contribution >= 0.6 is 0 Å². The van der Waals surface area contributed by atoms with Crippen LogP contribution in [0.4, 0.5) is 0 Å². The highest BCUT2D eigenvalue weighted by atomic mass is 16.1. The van der Waals surface area contributed by atoms with E-state index in [0.717, 1.165) is 19.4 Å². The van der Waals surface area contributed by atoms with Crippen molar-refractivity contribution in [2.75, 3.05) is 6.54 Å². The summed E-state index contributed by atoms with van der Waals surface area (Å²) >= 11 is 0. The van der Waals surface area contributed by atoms with Crippen LogP contribution in [0.1, 0.15) is 26.7 Å². The Balaban J connectivity index is 3.06. The molecular weight excluding hydrogens is 114 g/mol. The van der Waals surface area contributed by atoms with Crippen molar-refractivity contribution in [1.29, 1.82) is 0 Å². The minimum absolute atomic E-state index is 0.0550. The molecule has 0 rings (SSSR count). The van der Waals surface area contributed by atoms with E-state index in [1.165, 1.54) is 0 Å². The standard InChI is InChI=1S/C7H14NO/c1-3-5-6-7(9)8-4-2/h6H,3-5H2,1-2H3,(H,8,9). The summed E-state index contributed by atoms with van der Waals surface area (Å²) in [7, 11) is 0. The Morgan fingerprint density at radius 1 is 1.56 bits per heavy atom. The quantitative estimate of drug-likeness (QED) is 0.604. The molecule has 0 heterocycles. The molecule has 0 spiro atoms. The normalized spacial score (nSPS) is 9.11. The molecule has 2 heteroatoms. The Kier molecular flexibility index (Phi) is 5.27. The van der Waals surface area contributed by atoms with Crippen molar-refractivity contribution >= 4 is 5.91 Å². The Morgan fingerprint density at radius 2 is 2.22 bits per heavy atom. The molecule has 0 aromatic rings. The van der Waals surface area contributed by atoms with Gasteiger partial charge in [-0.2, -0.15) is 0 Å². The predicted octanol–water partition coefficient (Wildman–Crippen LogP) is 1.13. The van der Waals surface area contributed by atoms with Gasteiger partial charge in [-0.3, -0.25) is 4.79 Å². The van der Waals surface area contributed by atoms with E-state index >= 15 is 0 Å². The second kappa shape index (κ2) is 5.60. The summed E-state index contributed by atoms with van der Waals surface area (Å²) in [6.45, 7) is 4.69. The fourth-order valence-corrected chi connectivity index (χ4v) is 0.522. The zero-order valence-electron chi connectivity index (χ0n) is 6.11. The molecule has 2 nitrogen and oxygen atoms in total. The summed E-state index contributed by atoms with van der Waals surface area (Å²) in [5.41, 5.74) is 0. The smallest absolute Gasteiger partial charge is 0.223 e. The summed E-state index contributed by atoms with van der Waals surface area (Å²) < 4.78 is 0. The van der Waals surface area contributed by atoms with Crippen molar-refractivity contribution < 1.29 is 4.79 Å². The minimum atomic E-state index is 0.0550. The van der Waals surface area contributed by atoms with Crippen LogP contribution in [0, 0.1) is 6.42 Å². The van der Waals surface area contributed by atoms with Crippen molar-refractivity contribution in [3.63, 3.8) is 0 Å². The second-order valence-electron chi connectivity index (χ2n) is 1.89. The summed E-state index contributed by atoms with van der Waals surface area (Å²) in [5, 5.41) is 2.69. The number of unbranched alkanes of at least 4 members (excludes halogenated alkanes) is 1. The molecule has 0 bridgehead atoms. The number of carbonyl (C=O) groups excluding carboxylic acids is 1. The van der Waals surface area contributed by atoms with Crippen LogP contribution in [0.5, 0.6) is 0 Å². The van der Waals surface area contributed by atoms with Crippen LogP contribution in [0.25, 0.3) is 0 Å². The Bertz CT molecular complexity index is 81.0. The molecule has 1 N–H and O–H groups in total. The number of rotatable bonds is 4. The largest absolute Gasteiger partial charge is 0.356 e. The van der Waals surface area contributed by atoms with Crippen LogP contribution in [-0.4, -0.2) is 12.5 Å². The van der Waals surface area contributed by atoms with Crippen LogP contribution in [0.15, 0.2) is 0 Å². The zero-order chi connectivity index (χ0) is 7.11. The first-order valence-corrected chi connectivity index (χ1v) is 3.42. The van der Waals surface area contributed by atoms with Crippen molar-refractivity contribution in [3.8, 4) is 0 Å². The molecule has 0 atom stereocenters.